The zero-order valence-electron chi connectivity index (χ0n) is 18.0. The zero-order chi connectivity index (χ0) is 22.1. The Balaban J connectivity index is 1.45. The molecule has 0 radical (unpaired) electrons. The highest BCUT2D eigenvalue weighted by Gasteiger charge is 2.35. The normalized spacial score (nSPS) is 16.0. The van der Waals surface area contributed by atoms with E-state index in [0.717, 1.165) is 27.7 Å². The number of nitrogens with zero attached hydrogens (tertiary/aromatic N) is 4. The van der Waals surface area contributed by atoms with E-state index in [-0.39, 0.29) is 17.6 Å². The number of rotatable bonds is 6. The molecule has 0 spiro atoms. The molecule has 2 aromatic heterocycles. The van der Waals surface area contributed by atoms with Gasteiger partial charge in [0.15, 0.2) is 0 Å². The first-order valence-corrected chi connectivity index (χ1v) is 10.3. The number of aromatic amines is 1. The molecule has 2 amide bonds. The highest BCUT2D eigenvalue weighted by atomic mass is 19.1. The molecule has 1 atom stereocenters. The molecule has 2 N–H and O–H groups in total. The van der Waals surface area contributed by atoms with Crippen molar-refractivity contribution in [2.75, 3.05) is 33.7 Å². The van der Waals surface area contributed by atoms with Crippen LogP contribution in [0.15, 0.2) is 30.6 Å². The zero-order valence-corrected chi connectivity index (χ0v) is 18.0. The molecule has 3 aromatic rings. The van der Waals surface area contributed by atoms with Gasteiger partial charge >= 0.3 is 0 Å². The van der Waals surface area contributed by atoms with Gasteiger partial charge in [-0.2, -0.15) is 5.10 Å². The number of benzene rings is 1. The lowest BCUT2D eigenvalue weighted by Gasteiger charge is -2.32. The van der Waals surface area contributed by atoms with Gasteiger partial charge in [-0.25, -0.2) is 4.39 Å². The SMILES string of the molecule is CN(C)CC(=O)N1Cc2cn(C)nc2[C@@H](C(=O)NCCc2c[nH]c3ccc(F)cc23)C1. The first kappa shape index (κ1) is 21.0. The Morgan fingerprint density at radius 1 is 1.35 bits per heavy atom. The van der Waals surface area contributed by atoms with Crippen molar-refractivity contribution in [2.45, 2.75) is 18.9 Å². The molecular formula is C22H27FN6O2. The summed E-state index contributed by atoms with van der Waals surface area (Å²) >= 11 is 0. The summed E-state index contributed by atoms with van der Waals surface area (Å²) in [5, 5.41) is 8.27. The first-order valence-electron chi connectivity index (χ1n) is 10.3. The van der Waals surface area contributed by atoms with Crippen LogP contribution in [0.5, 0.6) is 0 Å². The smallest absolute Gasteiger partial charge is 0.237 e. The second-order valence-electron chi connectivity index (χ2n) is 8.32. The Morgan fingerprint density at radius 3 is 2.94 bits per heavy atom. The molecular weight excluding hydrogens is 399 g/mol. The number of amides is 2. The molecule has 1 aromatic carbocycles. The van der Waals surface area contributed by atoms with E-state index in [1.807, 2.05) is 38.4 Å². The predicted molar refractivity (Wildman–Crippen MR) is 115 cm³/mol. The van der Waals surface area contributed by atoms with Gasteiger partial charge < -0.3 is 20.1 Å². The molecule has 1 aliphatic heterocycles. The van der Waals surface area contributed by atoms with Crippen LogP contribution in [0.2, 0.25) is 0 Å². The summed E-state index contributed by atoms with van der Waals surface area (Å²) in [6.07, 6.45) is 4.28. The van der Waals surface area contributed by atoms with Crippen molar-refractivity contribution in [1.29, 1.82) is 0 Å². The van der Waals surface area contributed by atoms with E-state index in [4.69, 9.17) is 0 Å². The van der Waals surface area contributed by atoms with Crippen LogP contribution in [0.3, 0.4) is 0 Å². The topological polar surface area (TPSA) is 86.3 Å². The Morgan fingerprint density at radius 2 is 2.16 bits per heavy atom. The maximum absolute atomic E-state index is 13.6. The molecule has 1 aliphatic rings. The largest absolute Gasteiger partial charge is 0.361 e. The number of nitrogens with one attached hydrogen (secondary N) is 2. The van der Waals surface area contributed by atoms with E-state index in [9.17, 15) is 14.0 Å². The van der Waals surface area contributed by atoms with Crippen LogP contribution in [0.25, 0.3) is 10.9 Å². The van der Waals surface area contributed by atoms with Crippen LogP contribution < -0.4 is 5.32 Å². The average molecular weight is 426 g/mol. The third-order valence-electron chi connectivity index (χ3n) is 5.58. The van der Waals surface area contributed by atoms with Gasteiger partial charge in [-0.1, -0.05) is 0 Å². The molecule has 0 bridgehead atoms. The van der Waals surface area contributed by atoms with Gasteiger partial charge in [-0.05, 0) is 44.3 Å². The summed E-state index contributed by atoms with van der Waals surface area (Å²) in [5.41, 5.74) is 3.43. The number of likely N-dealkylation sites (N-methyl/N-ethyl adjacent to an activating group) is 1. The number of carbonyl (C=O) groups is 2. The fourth-order valence-corrected chi connectivity index (χ4v) is 4.12. The van der Waals surface area contributed by atoms with Crippen molar-refractivity contribution >= 4 is 22.7 Å². The highest BCUT2D eigenvalue weighted by molar-refractivity contribution is 5.86. The molecule has 8 nitrogen and oxygen atoms in total. The fourth-order valence-electron chi connectivity index (χ4n) is 4.12. The van der Waals surface area contributed by atoms with Gasteiger partial charge in [0.1, 0.15) is 5.82 Å². The molecule has 31 heavy (non-hydrogen) atoms. The summed E-state index contributed by atoms with van der Waals surface area (Å²) in [7, 11) is 5.51. The van der Waals surface area contributed by atoms with E-state index in [2.05, 4.69) is 15.4 Å². The number of H-pyrrole nitrogens is 1. The minimum absolute atomic E-state index is 0.0156. The monoisotopic (exact) mass is 426 g/mol. The number of hydrogen-bond donors (Lipinski definition) is 2. The number of halogens is 1. The number of carbonyl (C=O) groups excluding carboxylic acids is 2. The lowest BCUT2D eigenvalue weighted by molar-refractivity contribution is -0.134. The molecule has 0 aliphatic carbocycles. The Bertz CT molecular complexity index is 1120. The molecule has 4 rings (SSSR count). The maximum Gasteiger partial charge on any atom is 0.237 e. The Labute approximate surface area is 180 Å². The molecule has 164 valence electrons. The van der Waals surface area contributed by atoms with Crippen molar-refractivity contribution in [3.63, 3.8) is 0 Å². The van der Waals surface area contributed by atoms with E-state index >= 15 is 0 Å². The minimum atomic E-state index is -0.517. The average Bonchev–Trinajstić information content (AvgIpc) is 3.28. The second-order valence-corrected chi connectivity index (χ2v) is 8.32. The van der Waals surface area contributed by atoms with Gasteiger partial charge in [0, 0.05) is 55.5 Å². The summed E-state index contributed by atoms with van der Waals surface area (Å²) in [5.74, 6) is -0.979. The van der Waals surface area contributed by atoms with Crippen LogP contribution in [0.4, 0.5) is 4.39 Å². The maximum atomic E-state index is 13.6. The quantitative estimate of drug-likeness (QED) is 0.624. The molecule has 0 unspecified atom stereocenters. The van der Waals surface area contributed by atoms with Crippen molar-refractivity contribution in [2.24, 2.45) is 7.05 Å². The van der Waals surface area contributed by atoms with Crippen molar-refractivity contribution < 1.29 is 14.0 Å². The number of hydrogen-bond acceptors (Lipinski definition) is 4. The summed E-state index contributed by atoms with van der Waals surface area (Å²) in [6, 6.07) is 4.62. The van der Waals surface area contributed by atoms with Crippen molar-refractivity contribution in [3.05, 3.63) is 53.2 Å². The van der Waals surface area contributed by atoms with Gasteiger partial charge in [0.05, 0.1) is 18.2 Å². The summed E-state index contributed by atoms with van der Waals surface area (Å²) in [6.45, 7) is 1.47. The van der Waals surface area contributed by atoms with Crippen molar-refractivity contribution in [1.82, 2.24) is 29.9 Å². The fraction of sp³-hybridized carbons (Fsp3) is 0.409. The summed E-state index contributed by atoms with van der Waals surface area (Å²) in [4.78, 5) is 32.3. The van der Waals surface area contributed by atoms with E-state index in [0.29, 0.717) is 32.6 Å². The number of aryl methyl sites for hydroxylation is 1. The van der Waals surface area contributed by atoms with Crippen LogP contribution in [0, 0.1) is 5.82 Å². The van der Waals surface area contributed by atoms with Crippen LogP contribution in [-0.2, 0) is 29.6 Å². The molecule has 0 saturated carbocycles. The minimum Gasteiger partial charge on any atom is -0.361 e. The standard InChI is InChI=1S/C22H27FN6O2/c1-27(2)13-20(30)29-11-15-10-28(3)26-21(15)18(12-29)22(31)24-7-6-14-9-25-19-5-4-16(23)8-17(14)19/h4-5,8-10,18,25H,6-7,11-13H2,1-3H3,(H,24,31)/t18-/m0/s1. The second kappa shape index (κ2) is 8.50. The van der Waals surface area contributed by atoms with Crippen LogP contribution in [-0.4, -0.2) is 70.1 Å². The molecule has 9 heteroatoms. The highest BCUT2D eigenvalue weighted by Crippen LogP contribution is 2.27. The lowest BCUT2D eigenvalue weighted by Crippen LogP contribution is -2.46. The molecule has 3 heterocycles. The Kier molecular flexibility index (Phi) is 5.77. The third-order valence-corrected chi connectivity index (χ3v) is 5.58. The first-order chi connectivity index (χ1) is 14.8. The summed E-state index contributed by atoms with van der Waals surface area (Å²) < 4.78 is 15.3. The number of fused-ring (bicyclic) bond motifs is 2. The van der Waals surface area contributed by atoms with E-state index in [1.165, 1.54) is 12.1 Å². The number of aromatic nitrogens is 3. The predicted octanol–water partition coefficient (Wildman–Crippen LogP) is 1.39. The lowest BCUT2D eigenvalue weighted by atomic mass is 9.95. The van der Waals surface area contributed by atoms with Gasteiger partial charge in [-0.3, -0.25) is 14.3 Å². The van der Waals surface area contributed by atoms with Crippen LogP contribution >= 0.6 is 0 Å². The molecule has 0 fully saturated rings. The third kappa shape index (κ3) is 4.46. The van der Waals surface area contributed by atoms with Crippen LogP contribution in [0.1, 0.15) is 22.7 Å². The van der Waals surface area contributed by atoms with Gasteiger partial charge in [0.25, 0.3) is 0 Å². The van der Waals surface area contributed by atoms with Crippen molar-refractivity contribution in [3.8, 4) is 0 Å². The van der Waals surface area contributed by atoms with Gasteiger partial charge in [0.2, 0.25) is 11.8 Å². The van der Waals surface area contributed by atoms with E-state index in [1.54, 1.807) is 15.6 Å². The van der Waals surface area contributed by atoms with E-state index < -0.39 is 5.92 Å². The van der Waals surface area contributed by atoms with Gasteiger partial charge in [-0.15, -0.1) is 0 Å². The molecule has 0 saturated heterocycles. The Hall–Kier alpha value is -3.20.